The van der Waals surface area contributed by atoms with E-state index in [1.54, 1.807) is 6.08 Å². The van der Waals surface area contributed by atoms with Gasteiger partial charge < -0.3 is 10.1 Å². The highest BCUT2D eigenvalue weighted by Gasteiger charge is 2.03. The minimum atomic E-state index is 0.0823. The SMILES string of the molecule is Cc1[nH]c2ccccc2c1C=CCO. The number of H-pyrrole nitrogens is 1. The molecule has 2 N–H and O–H groups in total. The van der Waals surface area contributed by atoms with Gasteiger partial charge in [0.05, 0.1) is 6.61 Å². The van der Waals surface area contributed by atoms with Gasteiger partial charge in [0.2, 0.25) is 0 Å². The molecule has 0 atom stereocenters. The Hall–Kier alpha value is -1.54. The molecule has 0 saturated carbocycles. The number of aromatic nitrogens is 1. The van der Waals surface area contributed by atoms with Gasteiger partial charge in [0.1, 0.15) is 0 Å². The van der Waals surface area contributed by atoms with Crippen LogP contribution in [0.5, 0.6) is 0 Å². The van der Waals surface area contributed by atoms with E-state index in [4.69, 9.17) is 5.11 Å². The van der Waals surface area contributed by atoms with Gasteiger partial charge in [0.25, 0.3) is 0 Å². The molecule has 0 aliphatic rings. The molecule has 1 aromatic heterocycles. The molecule has 0 radical (unpaired) electrons. The van der Waals surface area contributed by atoms with Crippen LogP contribution in [0, 0.1) is 6.92 Å². The smallest absolute Gasteiger partial charge is 0.0615 e. The van der Waals surface area contributed by atoms with Gasteiger partial charge in [-0.05, 0) is 13.0 Å². The summed E-state index contributed by atoms with van der Waals surface area (Å²) in [5.41, 5.74) is 3.44. The Balaban J connectivity index is 2.62. The second-order valence-corrected chi connectivity index (χ2v) is 3.29. The predicted octanol–water partition coefficient (Wildman–Crippen LogP) is 2.48. The van der Waals surface area contributed by atoms with Gasteiger partial charge in [-0.3, -0.25) is 0 Å². The number of rotatable bonds is 2. The summed E-state index contributed by atoms with van der Waals surface area (Å²) in [4.78, 5) is 3.30. The zero-order valence-corrected chi connectivity index (χ0v) is 8.12. The number of para-hydroxylation sites is 1. The lowest BCUT2D eigenvalue weighted by atomic mass is 10.1. The number of aromatic amines is 1. The summed E-state index contributed by atoms with van der Waals surface area (Å²) in [6, 6.07) is 8.16. The van der Waals surface area contributed by atoms with E-state index in [-0.39, 0.29) is 6.61 Å². The molecule has 0 spiro atoms. The maximum absolute atomic E-state index is 8.73. The molecule has 0 aliphatic carbocycles. The standard InChI is InChI=1S/C12H13NO/c1-9-10(6-4-8-14)11-5-2-3-7-12(11)13-9/h2-7,13-14H,8H2,1H3. The summed E-state index contributed by atoms with van der Waals surface area (Å²) in [6.45, 7) is 2.12. The van der Waals surface area contributed by atoms with E-state index in [9.17, 15) is 0 Å². The molecule has 2 nitrogen and oxygen atoms in total. The summed E-state index contributed by atoms with van der Waals surface area (Å²) in [5, 5.41) is 9.93. The minimum absolute atomic E-state index is 0.0823. The first kappa shape index (κ1) is 9.03. The third kappa shape index (κ3) is 1.44. The van der Waals surface area contributed by atoms with E-state index in [0.717, 1.165) is 16.8 Å². The zero-order valence-electron chi connectivity index (χ0n) is 8.12. The topological polar surface area (TPSA) is 36.0 Å². The number of aryl methyl sites for hydroxylation is 1. The van der Waals surface area contributed by atoms with Crippen LogP contribution in [-0.2, 0) is 0 Å². The Labute approximate surface area is 82.9 Å². The summed E-state index contributed by atoms with van der Waals surface area (Å²) in [5.74, 6) is 0. The Morgan fingerprint density at radius 2 is 2.14 bits per heavy atom. The van der Waals surface area contributed by atoms with Crippen molar-refractivity contribution in [2.24, 2.45) is 0 Å². The maximum Gasteiger partial charge on any atom is 0.0615 e. The van der Waals surface area contributed by atoms with E-state index in [1.165, 1.54) is 5.39 Å². The van der Waals surface area contributed by atoms with Crippen LogP contribution in [0.3, 0.4) is 0 Å². The number of benzene rings is 1. The first-order valence-electron chi connectivity index (χ1n) is 4.67. The second kappa shape index (κ2) is 3.68. The molecule has 0 bridgehead atoms. The molecule has 0 unspecified atom stereocenters. The van der Waals surface area contributed by atoms with Gasteiger partial charge in [-0.1, -0.05) is 30.4 Å². The lowest BCUT2D eigenvalue weighted by Gasteiger charge is -1.91. The number of aliphatic hydroxyl groups is 1. The molecular formula is C12H13NO. The number of fused-ring (bicyclic) bond motifs is 1. The molecular weight excluding hydrogens is 174 g/mol. The fraction of sp³-hybridized carbons (Fsp3) is 0.167. The quantitative estimate of drug-likeness (QED) is 0.744. The van der Waals surface area contributed by atoms with Gasteiger partial charge in [-0.25, -0.2) is 0 Å². The highest BCUT2D eigenvalue weighted by molar-refractivity contribution is 5.90. The monoisotopic (exact) mass is 187 g/mol. The van der Waals surface area contributed by atoms with Crippen LogP contribution < -0.4 is 0 Å². The van der Waals surface area contributed by atoms with Crippen LogP contribution in [0.4, 0.5) is 0 Å². The van der Waals surface area contributed by atoms with Crippen molar-refractivity contribution in [3.8, 4) is 0 Å². The average Bonchev–Trinajstić information content (AvgIpc) is 2.51. The molecule has 1 heterocycles. The lowest BCUT2D eigenvalue weighted by Crippen LogP contribution is -1.76. The van der Waals surface area contributed by atoms with Crippen LogP contribution in [0.2, 0.25) is 0 Å². The number of hydrogen-bond acceptors (Lipinski definition) is 1. The highest BCUT2D eigenvalue weighted by atomic mass is 16.2. The van der Waals surface area contributed by atoms with Crippen molar-refractivity contribution in [2.75, 3.05) is 6.61 Å². The molecule has 0 aliphatic heterocycles. The zero-order chi connectivity index (χ0) is 9.97. The number of aliphatic hydroxyl groups excluding tert-OH is 1. The van der Waals surface area contributed by atoms with Crippen LogP contribution in [0.1, 0.15) is 11.3 Å². The first-order valence-corrected chi connectivity index (χ1v) is 4.67. The van der Waals surface area contributed by atoms with E-state index in [2.05, 4.69) is 17.1 Å². The highest BCUT2D eigenvalue weighted by Crippen LogP contribution is 2.22. The molecule has 2 aromatic rings. The van der Waals surface area contributed by atoms with Gasteiger partial charge >= 0.3 is 0 Å². The third-order valence-corrected chi connectivity index (χ3v) is 2.33. The Bertz CT molecular complexity index is 468. The third-order valence-electron chi connectivity index (χ3n) is 2.33. The Morgan fingerprint density at radius 1 is 1.36 bits per heavy atom. The summed E-state index contributed by atoms with van der Waals surface area (Å²) in [6.07, 6.45) is 3.71. The van der Waals surface area contributed by atoms with Crippen LogP contribution in [0.15, 0.2) is 30.3 Å². The van der Waals surface area contributed by atoms with Crippen LogP contribution in [-0.4, -0.2) is 16.7 Å². The van der Waals surface area contributed by atoms with Crippen molar-refractivity contribution in [3.63, 3.8) is 0 Å². The average molecular weight is 187 g/mol. The summed E-state index contributed by atoms with van der Waals surface area (Å²) in [7, 11) is 0. The van der Waals surface area contributed by atoms with Crippen molar-refractivity contribution in [1.82, 2.24) is 4.98 Å². The fourth-order valence-electron chi connectivity index (χ4n) is 1.68. The van der Waals surface area contributed by atoms with E-state index in [0.29, 0.717) is 0 Å². The van der Waals surface area contributed by atoms with E-state index < -0.39 is 0 Å². The maximum atomic E-state index is 8.73. The van der Waals surface area contributed by atoms with E-state index >= 15 is 0 Å². The van der Waals surface area contributed by atoms with E-state index in [1.807, 2.05) is 25.1 Å². The Morgan fingerprint density at radius 3 is 2.93 bits per heavy atom. The molecule has 0 saturated heterocycles. The summed E-state index contributed by atoms with van der Waals surface area (Å²) >= 11 is 0. The van der Waals surface area contributed by atoms with Crippen molar-refractivity contribution in [1.29, 1.82) is 0 Å². The normalized spacial score (nSPS) is 11.6. The second-order valence-electron chi connectivity index (χ2n) is 3.29. The summed E-state index contributed by atoms with van der Waals surface area (Å²) < 4.78 is 0. The molecule has 2 heteroatoms. The van der Waals surface area contributed by atoms with Crippen molar-refractivity contribution in [2.45, 2.75) is 6.92 Å². The number of nitrogens with one attached hydrogen (secondary N) is 1. The molecule has 1 aromatic carbocycles. The van der Waals surface area contributed by atoms with Crippen molar-refractivity contribution < 1.29 is 5.11 Å². The number of hydrogen-bond donors (Lipinski definition) is 2. The molecule has 14 heavy (non-hydrogen) atoms. The first-order chi connectivity index (χ1) is 6.83. The molecule has 0 amide bonds. The molecule has 0 fully saturated rings. The lowest BCUT2D eigenvalue weighted by molar-refractivity contribution is 0.343. The van der Waals surface area contributed by atoms with Crippen molar-refractivity contribution in [3.05, 3.63) is 41.6 Å². The Kier molecular flexibility index (Phi) is 2.37. The minimum Gasteiger partial charge on any atom is -0.392 e. The van der Waals surface area contributed by atoms with Gasteiger partial charge in [-0.15, -0.1) is 0 Å². The molecule has 72 valence electrons. The fourth-order valence-corrected chi connectivity index (χ4v) is 1.68. The van der Waals surface area contributed by atoms with Crippen LogP contribution in [0.25, 0.3) is 17.0 Å². The van der Waals surface area contributed by atoms with Gasteiger partial charge in [-0.2, -0.15) is 0 Å². The van der Waals surface area contributed by atoms with Gasteiger partial charge in [0.15, 0.2) is 0 Å². The van der Waals surface area contributed by atoms with Crippen LogP contribution >= 0.6 is 0 Å². The largest absolute Gasteiger partial charge is 0.392 e. The molecule has 2 rings (SSSR count). The predicted molar refractivity (Wildman–Crippen MR) is 59.2 cm³/mol. The van der Waals surface area contributed by atoms with Crippen molar-refractivity contribution >= 4 is 17.0 Å². The van der Waals surface area contributed by atoms with Gasteiger partial charge in [0, 0.05) is 22.2 Å².